The summed E-state index contributed by atoms with van der Waals surface area (Å²) >= 11 is 0. The summed E-state index contributed by atoms with van der Waals surface area (Å²) in [5.74, 6) is 0. The lowest BCUT2D eigenvalue weighted by atomic mass is 11.9. The second-order valence-corrected chi connectivity index (χ2v) is 48.4. The van der Waals surface area contributed by atoms with Crippen molar-refractivity contribution in [2.24, 2.45) is 0 Å². The standard InChI is InChI=1S/C13H40O18Si12/c1-32(2)15-34(4)19-38(8)20-35(5,16-32)22-40(10)24-37(7)18-33(3,14)17-36(6)23-39(9,21-34)28-42(12,27-38)31-43(13,29-40)30-41(11,25-36)26-37/h14H,1-13H3/t33?,34?,35?,36?,37?,38?,39?,40?,41?,42?,43-/m0/s1. The molecule has 0 aliphatic carbocycles. The van der Waals surface area contributed by atoms with E-state index in [-0.39, 0.29) is 0 Å². The minimum atomic E-state index is -4.11. The zero-order chi connectivity index (χ0) is 32.0. The van der Waals surface area contributed by atoms with E-state index in [0.717, 1.165) is 0 Å². The second kappa shape index (κ2) is 9.77. The Kier molecular flexibility index (Phi) is 7.89. The maximum Gasteiger partial charge on any atom is 0.480 e. The molecule has 248 valence electrons. The Bertz CT molecular complexity index is 1120. The molecular weight excluding hydrogens is 781 g/mol. The highest BCUT2D eigenvalue weighted by Crippen LogP contribution is 2.46. The van der Waals surface area contributed by atoms with E-state index in [1.165, 1.54) is 6.55 Å². The topological polar surface area (TPSA) is 177 Å². The summed E-state index contributed by atoms with van der Waals surface area (Å²) in [7, 11) is -46.5. The highest BCUT2D eigenvalue weighted by molar-refractivity contribution is 7.01. The molecule has 0 spiro atoms. The first-order valence-corrected chi connectivity index (χ1v) is 41.0. The molecule has 0 aromatic rings. The van der Waals surface area contributed by atoms with E-state index in [0.29, 0.717) is 0 Å². The van der Waals surface area contributed by atoms with Gasteiger partial charge in [-0.3, -0.25) is 0 Å². The van der Waals surface area contributed by atoms with E-state index in [2.05, 4.69) is 0 Å². The lowest BCUT2D eigenvalue weighted by Gasteiger charge is -2.58. The van der Waals surface area contributed by atoms with Crippen LogP contribution in [0.25, 0.3) is 0 Å². The van der Waals surface area contributed by atoms with Crippen LogP contribution in [0.5, 0.6) is 0 Å². The van der Waals surface area contributed by atoms with Gasteiger partial charge in [-0.05, 0) is 13.1 Å². The van der Waals surface area contributed by atoms with Crippen LogP contribution in [-0.4, -0.2) is 110 Å². The molecule has 6 heterocycles. The van der Waals surface area contributed by atoms with Gasteiger partial charge in [-0.2, -0.15) is 0 Å². The third-order valence-corrected chi connectivity index (χ3v) is 57.9. The molecular formula is C13H40O18Si12. The van der Waals surface area contributed by atoms with Gasteiger partial charge in [0.25, 0.3) is 0 Å². The first-order valence-electron chi connectivity index (χ1n) is 13.7. The lowest BCUT2D eigenvalue weighted by Crippen LogP contribution is -2.83. The van der Waals surface area contributed by atoms with Crippen LogP contribution in [0.15, 0.2) is 0 Å². The zero-order valence-corrected chi connectivity index (χ0v) is 38.4. The third-order valence-electron chi connectivity index (χ3n) is 6.43. The molecule has 18 nitrogen and oxygen atoms in total. The maximum absolute atomic E-state index is 11.6. The summed E-state index contributed by atoms with van der Waals surface area (Å²) in [4.78, 5) is 11.6. The van der Waals surface area contributed by atoms with E-state index >= 15 is 0 Å². The Morgan fingerprint density at radius 3 is 0.558 bits per heavy atom. The average Bonchev–Trinajstić information content (AvgIpc) is 2.53. The maximum atomic E-state index is 11.6. The van der Waals surface area contributed by atoms with Crippen molar-refractivity contribution in [3.8, 4) is 0 Å². The van der Waals surface area contributed by atoms with Crippen molar-refractivity contribution in [2.45, 2.75) is 85.1 Å². The number of rotatable bonds is 0. The molecule has 1 N–H and O–H groups in total. The lowest BCUT2D eigenvalue weighted by molar-refractivity contribution is 0.00304. The van der Waals surface area contributed by atoms with Gasteiger partial charge in [0.15, 0.2) is 0 Å². The highest BCUT2D eigenvalue weighted by atomic mass is 28.6. The number of hydrogen-bond donors (Lipinski definition) is 1. The molecule has 6 saturated heterocycles. The van der Waals surface area contributed by atoms with Gasteiger partial charge in [-0.15, -0.1) is 0 Å². The molecule has 6 rings (SSSR count). The smallest absolute Gasteiger partial charge is 0.395 e. The Balaban J connectivity index is 1.68. The van der Waals surface area contributed by atoms with Gasteiger partial charge in [0, 0.05) is 72.0 Å². The summed E-state index contributed by atoms with van der Waals surface area (Å²) in [5.41, 5.74) is 0. The molecule has 0 saturated carbocycles. The van der Waals surface area contributed by atoms with Crippen molar-refractivity contribution in [3.63, 3.8) is 0 Å². The zero-order valence-electron chi connectivity index (χ0n) is 26.4. The van der Waals surface area contributed by atoms with Crippen LogP contribution < -0.4 is 0 Å². The van der Waals surface area contributed by atoms with Crippen LogP contribution in [0.2, 0.25) is 85.1 Å². The summed E-state index contributed by atoms with van der Waals surface area (Å²) in [6, 6.07) is 0. The second-order valence-electron chi connectivity index (χ2n) is 12.7. The van der Waals surface area contributed by atoms with Gasteiger partial charge in [0.2, 0.25) is 0 Å². The quantitative estimate of drug-likeness (QED) is 0.346. The molecule has 30 heteroatoms. The average molecular weight is 821 g/mol. The molecule has 11 atom stereocenters. The summed E-state index contributed by atoms with van der Waals surface area (Å²) < 4.78 is 113. The van der Waals surface area contributed by atoms with Crippen LogP contribution >= 0.6 is 0 Å². The largest absolute Gasteiger partial charge is 0.480 e. The van der Waals surface area contributed by atoms with Gasteiger partial charge >= 0.3 is 105 Å². The molecule has 10 bridgehead atoms. The molecule has 6 aliphatic rings. The van der Waals surface area contributed by atoms with Crippen LogP contribution in [-0.2, 0) is 70.0 Å². The van der Waals surface area contributed by atoms with Crippen molar-refractivity contribution in [1.82, 2.24) is 0 Å². The highest BCUT2D eigenvalue weighted by Gasteiger charge is 2.76. The van der Waals surface area contributed by atoms with Crippen molar-refractivity contribution in [1.29, 1.82) is 0 Å². The van der Waals surface area contributed by atoms with E-state index in [4.69, 9.17) is 70.0 Å². The van der Waals surface area contributed by atoms with Gasteiger partial charge in [0.05, 0.1) is 0 Å². The van der Waals surface area contributed by atoms with Crippen molar-refractivity contribution in [2.75, 3.05) is 0 Å². The molecule has 43 heavy (non-hydrogen) atoms. The first-order chi connectivity index (χ1) is 19.0. The summed E-state index contributed by atoms with van der Waals surface area (Å²) in [6.45, 7) is 21.7. The molecule has 6 fully saturated rings. The van der Waals surface area contributed by atoms with Crippen LogP contribution in [0.4, 0.5) is 0 Å². The fourth-order valence-corrected chi connectivity index (χ4v) is 71.6. The Hall–Kier alpha value is 1.88. The molecule has 6 aliphatic heterocycles. The predicted molar refractivity (Wildman–Crippen MR) is 166 cm³/mol. The van der Waals surface area contributed by atoms with E-state index < -0.39 is 105 Å². The van der Waals surface area contributed by atoms with Crippen molar-refractivity contribution >= 4 is 105 Å². The first kappa shape index (κ1) is 34.7. The normalized spacial score (nSPS) is 61.8. The summed E-state index contributed by atoms with van der Waals surface area (Å²) in [5, 5.41) is 0. The predicted octanol–water partition coefficient (Wildman–Crippen LogP) is 1.30. The number of hydrogen-bond acceptors (Lipinski definition) is 18. The monoisotopic (exact) mass is 820 g/mol. The van der Waals surface area contributed by atoms with Gasteiger partial charge in [0.1, 0.15) is 0 Å². The van der Waals surface area contributed by atoms with Crippen LogP contribution in [0.3, 0.4) is 0 Å². The Morgan fingerprint density at radius 1 is 0.233 bits per heavy atom. The molecule has 0 aromatic carbocycles. The Morgan fingerprint density at radius 2 is 0.372 bits per heavy atom. The molecule has 0 radical (unpaired) electrons. The van der Waals surface area contributed by atoms with E-state index in [1.807, 2.05) is 13.1 Å². The number of fused-ring (bicyclic) bond motifs is 6. The fraction of sp³-hybridized carbons (Fsp3) is 1.00. The van der Waals surface area contributed by atoms with Crippen LogP contribution in [0, 0.1) is 0 Å². The van der Waals surface area contributed by atoms with Gasteiger partial charge in [-0.1, -0.05) is 0 Å². The van der Waals surface area contributed by atoms with Gasteiger partial charge in [-0.25, -0.2) is 0 Å². The van der Waals surface area contributed by atoms with Crippen molar-refractivity contribution in [3.05, 3.63) is 0 Å². The fourth-order valence-electron chi connectivity index (χ4n) is 6.63. The Labute approximate surface area is 264 Å². The van der Waals surface area contributed by atoms with E-state index in [1.54, 1.807) is 65.5 Å². The van der Waals surface area contributed by atoms with Crippen LogP contribution in [0.1, 0.15) is 0 Å². The van der Waals surface area contributed by atoms with Gasteiger partial charge < -0.3 is 74.8 Å². The minimum absolute atomic E-state index is 1.42. The third kappa shape index (κ3) is 7.13. The SMILES string of the molecule is C[Si]1(C)O[Si]2(C)O[Si]3(C)O[Si](C)(O1)O[Si]1(C)O[Si]4(C)O[Si](C)(O)O[Si]5(C)O[Si](C)(O2)O[Si](C)(O3)O[Si@@](C)(O1)O[Si](C)(O5)O4. The minimum Gasteiger partial charge on any atom is -0.395 e. The summed E-state index contributed by atoms with van der Waals surface area (Å²) in [6.07, 6.45) is 0. The molecule has 10 unspecified atom stereocenters. The van der Waals surface area contributed by atoms with Crippen molar-refractivity contribution < 1.29 is 74.8 Å². The molecule has 0 aromatic heterocycles. The van der Waals surface area contributed by atoms with E-state index in [9.17, 15) is 4.80 Å². The molecule has 0 amide bonds.